The number of nitrogens with one attached hydrogen (secondary N) is 1. The Hall–Kier alpha value is -5.02. The minimum Gasteiger partial charge on any atom is -0.543 e. The number of carboxylic acid groups (broad SMARTS) is 3. The minimum absolute atomic E-state index is 0.0243. The van der Waals surface area contributed by atoms with Crippen molar-refractivity contribution in [2.24, 2.45) is 5.16 Å². The van der Waals surface area contributed by atoms with E-state index in [0.717, 1.165) is 28.7 Å². The zero-order valence-electron chi connectivity index (χ0n) is 25.3. The van der Waals surface area contributed by atoms with E-state index in [1.165, 1.54) is 30.2 Å². The van der Waals surface area contributed by atoms with Gasteiger partial charge in [-0.1, -0.05) is 5.16 Å². The Morgan fingerprint density at radius 2 is 1.94 bits per heavy atom. The lowest BCUT2D eigenvalue weighted by molar-refractivity contribution is -0.886. The number of nitrogens with zero attached hydrogens (tertiary/aromatic N) is 6. The lowest BCUT2D eigenvalue weighted by Crippen LogP contribution is -2.71. The summed E-state index contributed by atoms with van der Waals surface area (Å²) >= 11 is 1.91. The van der Waals surface area contributed by atoms with E-state index in [4.69, 9.17) is 10.6 Å². The summed E-state index contributed by atoms with van der Waals surface area (Å²) < 4.78 is 5.22. The van der Waals surface area contributed by atoms with Gasteiger partial charge >= 0.3 is 11.9 Å². The molecule has 21 heteroatoms. The summed E-state index contributed by atoms with van der Waals surface area (Å²) in [6.07, 6.45) is 1.01. The molecule has 2 amide bonds. The first-order valence-electron chi connectivity index (χ1n) is 13.6. The van der Waals surface area contributed by atoms with Crippen LogP contribution in [0.25, 0.3) is 0 Å². The lowest BCUT2D eigenvalue weighted by atomic mass is 10.0. The molecule has 0 radical (unpaired) electrons. The third-order valence-corrected chi connectivity index (χ3v) is 9.05. The number of aromatic nitrogens is 3. The highest BCUT2D eigenvalue weighted by atomic mass is 32.2. The number of quaternary nitrogens is 1. The number of hydrogen-bond donors (Lipinski definition) is 5. The molecule has 252 valence electrons. The number of thioether (sulfide) groups is 1. The molecule has 6 N–H and O–H groups in total. The van der Waals surface area contributed by atoms with Crippen LogP contribution >= 0.6 is 23.3 Å². The number of hydrogen-bond acceptors (Lipinski definition) is 15. The van der Waals surface area contributed by atoms with Gasteiger partial charge in [-0.05, 0) is 13.8 Å². The fourth-order valence-corrected chi connectivity index (χ4v) is 6.39. The number of carbonyl (C=O) groups excluding carboxylic acids is 3. The van der Waals surface area contributed by atoms with Gasteiger partial charge in [-0.15, -0.1) is 11.8 Å². The standard InChI is InChI=1S/C26H30N8O11S2/c1-26(2,24(43)44)45-30-15(18-29-25(27)47-31-18)19(37)28-16-20(38)33-17(23(41)42)11(10-46-21(16)33)9-34(3,4)6-5-32-8-14(36)13(35)7-12(32)22(39)40/h7-8,16,21H,5-6,9-10H2,1-4H3,(H6-,27,28,29,31,36,37,39,40,41,42,43,44)/b30-15+/t16-,21?/m1/s1. The van der Waals surface area contributed by atoms with Crippen LogP contribution in [0.4, 0.5) is 5.13 Å². The molecule has 4 heterocycles. The largest absolute Gasteiger partial charge is 0.543 e. The van der Waals surface area contributed by atoms with Crippen molar-refractivity contribution in [1.29, 1.82) is 0 Å². The quantitative estimate of drug-likeness (QED) is 0.0625. The van der Waals surface area contributed by atoms with Gasteiger partial charge in [0.05, 0.1) is 45.0 Å². The van der Waals surface area contributed by atoms with Crippen molar-refractivity contribution < 1.29 is 53.7 Å². The number of amides is 2. The molecule has 0 aromatic carbocycles. The molecule has 0 aliphatic carbocycles. The second-order valence-electron chi connectivity index (χ2n) is 11.6. The van der Waals surface area contributed by atoms with Crippen molar-refractivity contribution in [3.63, 3.8) is 0 Å². The van der Waals surface area contributed by atoms with E-state index in [1.54, 1.807) is 14.1 Å². The van der Waals surface area contributed by atoms with Crippen molar-refractivity contribution in [3.05, 3.63) is 45.3 Å². The van der Waals surface area contributed by atoms with Gasteiger partial charge in [0, 0.05) is 28.9 Å². The summed E-state index contributed by atoms with van der Waals surface area (Å²) in [6.45, 7) is 2.75. The molecule has 0 bridgehead atoms. The number of pyridine rings is 1. The molecule has 2 aromatic rings. The van der Waals surface area contributed by atoms with Crippen LogP contribution in [0.2, 0.25) is 0 Å². The number of anilines is 1. The number of carboxylic acids is 3. The third kappa shape index (κ3) is 7.36. The van der Waals surface area contributed by atoms with Crippen molar-refractivity contribution in [3.8, 4) is 5.75 Å². The summed E-state index contributed by atoms with van der Waals surface area (Å²) in [5.74, 6) is -6.90. The zero-order valence-corrected chi connectivity index (χ0v) is 27.0. The van der Waals surface area contributed by atoms with Crippen LogP contribution in [-0.4, -0.2) is 124 Å². The molecule has 1 saturated heterocycles. The predicted molar refractivity (Wildman–Crippen MR) is 162 cm³/mol. The number of nitrogens with two attached hydrogens (primary N) is 1. The number of aromatic carboxylic acids is 1. The fourth-order valence-electron chi connectivity index (χ4n) is 4.62. The molecule has 2 aliphatic rings. The number of rotatable bonds is 13. The van der Waals surface area contributed by atoms with Crippen LogP contribution in [0, 0.1) is 0 Å². The van der Waals surface area contributed by atoms with Gasteiger partial charge in [-0.3, -0.25) is 19.3 Å². The smallest absolute Gasteiger partial charge is 0.352 e. The van der Waals surface area contributed by atoms with Crippen LogP contribution in [-0.2, 0) is 30.6 Å². The molecule has 2 aliphatic heterocycles. The highest BCUT2D eigenvalue weighted by Gasteiger charge is 2.53. The van der Waals surface area contributed by atoms with E-state index in [0.29, 0.717) is 5.57 Å². The maximum Gasteiger partial charge on any atom is 0.352 e. The lowest BCUT2D eigenvalue weighted by Gasteiger charge is -2.51. The third-order valence-electron chi connectivity index (χ3n) is 7.17. The first kappa shape index (κ1) is 34.8. The maximum atomic E-state index is 13.3. The van der Waals surface area contributed by atoms with Crippen LogP contribution in [0.15, 0.2) is 33.5 Å². The summed E-state index contributed by atoms with van der Waals surface area (Å²) in [5.41, 5.74) is 2.03. The first-order valence-corrected chi connectivity index (χ1v) is 15.4. The highest BCUT2D eigenvalue weighted by Crippen LogP contribution is 2.40. The summed E-state index contributed by atoms with van der Waals surface area (Å²) in [5, 5.41) is 46.1. The van der Waals surface area contributed by atoms with Crippen molar-refractivity contribution in [1.82, 2.24) is 24.1 Å². The van der Waals surface area contributed by atoms with E-state index >= 15 is 0 Å². The molecule has 0 saturated carbocycles. The van der Waals surface area contributed by atoms with E-state index in [1.807, 2.05) is 0 Å². The van der Waals surface area contributed by atoms with E-state index in [-0.39, 0.29) is 52.2 Å². The number of aliphatic carboxylic acids is 2. The summed E-state index contributed by atoms with van der Waals surface area (Å²) in [6, 6.07) is -0.402. The Balaban J connectivity index is 1.52. The predicted octanol–water partition coefficient (Wildman–Crippen LogP) is -2.55. The topological polar surface area (TPSA) is 280 Å². The molecular formula is C26H30N8O11S2. The molecule has 2 atom stereocenters. The summed E-state index contributed by atoms with van der Waals surface area (Å²) in [4.78, 5) is 83.5. The van der Waals surface area contributed by atoms with Gasteiger partial charge in [0.1, 0.15) is 23.7 Å². The maximum absolute atomic E-state index is 13.3. The highest BCUT2D eigenvalue weighted by molar-refractivity contribution is 8.00. The van der Waals surface area contributed by atoms with Crippen molar-refractivity contribution >= 4 is 63.9 Å². The number of likely N-dealkylation sites (N-methyl/N-ethyl adjacent to an activating group) is 1. The number of fused-ring (bicyclic) bond motifs is 1. The number of carbonyl (C=O) groups is 5. The van der Waals surface area contributed by atoms with Gasteiger partial charge in [-0.2, -0.15) is 9.36 Å². The number of nitrogen functional groups attached to an aromatic ring is 1. The molecule has 1 unspecified atom stereocenters. The van der Waals surface area contributed by atoms with Crippen LogP contribution < -0.4 is 21.6 Å². The monoisotopic (exact) mass is 694 g/mol. The Morgan fingerprint density at radius 3 is 2.51 bits per heavy atom. The van der Waals surface area contributed by atoms with E-state index in [9.17, 15) is 49.2 Å². The van der Waals surface area contributed by atoms with Gasteiger partial charge in [0.25, 0.3) is 11.8 Å². The van der Waals surface area contributed by atoms with E-state index in [2.05, 4.69) is 19.8 Å². The molecule has 19 nitrogen and oxygen atoms in total. The number of oxime groups is 1. The summed E-state index contributed by atoms with van der Waals surface area (Å²) in [7, 11) is 3.49. The molecule has 1 fully saturated rings. The fraction of sp³-hybridized carbons (Fsp3) is 0.423. The Kier molecular flexibility index (Phi) is 9.64. The van der Waals surface area contributed by atoms with Gasteiger partial charge < -0.3 is 50.2 Å². The first-order chi connectivity index (χ1) is 21.8. The number of aromatic hydroxyl groups is 1. The van der Waals surface area contributed by atoms with Crippen molar-refractivity contribution in [2.45, 2.75) is 37.4 Å². The van der Waals surface area contributed by atoms with Gasteiger partial charge in [0.15, 0.2) is 10.9 Å². The van der Waals surface area contributed by atoms with Gasteiger partial charge in [0.2, 0.25) is 22.6 Å². The van der Waals surface area contributed by atoms with E-state index < -0.39 is 63.6 Å². The van der Waals surface area contributed by atoms with Gasteiger partial charge in [-0.25, -0.2) is 9.59 Å². The van der Waals surface area contributed by atoms with Crippen molar-refractivity contribution in [2.75, 3.05) is 38.7 Å². The molecule has 4 rings (SSSR count). The zero-order chi connectivity index (χ0) is 35.0. The Bertz CT molecular complexity index is 1780. The Morgan fingerprint density at radius 1 is 1.26 bits per heavy atom. The van der Waals surface area contributed by atoms with Crippen LogP contribution in [0.3, 0.4) is 0 Å². The average molecular weight is 695 g/mol. The average Bonchev–Trinajstić information content (AvgIpc) is 3.41. The SMILES string of the molecule is CC(C)(O/N=C(/C(=O)N[C@@H]1C(=O)N2C(C(=O)[O-])=C(C[N+](C)(C)CCn3cc(O)c(=O)cc3C(=O)O)CSC12)c1nsc(N)n1)C(=O)O. The molecular weight excluding hydrogens is 664 g/mol. The Labute approximate surface area is 273 Å². The minimum atomic E-state index is -1.84. The van der Waals surface area contributed by atoms with Crippen LogP contribution in [0.1, 0.15) is 30.2 Å². The molecule has 2 aromatic heterocycles. The second-order valence-corrected chi connectivity index (χ2v) is 13.5. The normalized spacial score (nSPS) is 18.3. The molecule has 0 spiro atoms. The second kappa shape index (κ2) is 13.0. The molecule has 47 heavy (non-hydrogen) atoms. The van der Waals surface area contributed by atoms with Crippen LogP contribution in [0.5, 0.6) is 5.75 Å². The number of β-lactam (4-membered cyclic amide) rings is 1.